The zero-order valence-electron chi connectivity index (χ0n) is 7.88. The maximum Gasteiger partial charge on any atom is 0.294 e. The fourth-order valence-electron chi connectivity index (χ4n) is 1.42. The van der Waals surface area contributed by atoms with Gasteiger partial charge in [-0.3, -0.25) is 4.55 Å². The first-order valence-electron chi connectivity index (χ1n) is 4.28. The molecule has 2 rings (SSSR count). The minimum absolute atomic E-state index is 0.0760. The van der Waals surface area contributed by atoms with E-state index in [0.29, 0.717) is 15.2 Å². The summed E-state index contributed by atoms with van der Waals surface area (Å²) in [6, 6.07) is 7.16. The van der Waals surface area contributed by atoms with E-state index in [1.807, 2.05) is 0 Å². The maximum atomic E-state index is 10.9. The first-order valence-corrected chi connectivity index (χ1v) is 6.51. The molecular formula is C10H7BrO4S. The van der Waals surface area contributed by atoms with Crippen molar-refractivity contribution in [1.29, 1.82) is 0 Å². The number of rotatable bonds is 1. The summed E-state index contributed by atoms with van der Waals surface area (Å²) in [6.07, 6.45) is 0. The van der Waals surface area contributed by atoms with Gasteiger partial charge in [0.1, 0.15) is 5.75 Å². The molecular weight excluding hydrogens is 296 g/mol. The molecule has 16 heavy (non-hydrogen) atoms. The van der Waals surface area contributed by atoms with Crippen molar-refractivity contribution in [2.24, 2.45) is 0 Å². The van der Waals surface area contributed by atoms with Crippen LogP contribution < -0.4 is 0 Å². The molecule has 0 amide bonds. The van der Waals surface area contributed by atoms with Crippen LogP contribution in [0.5, 0.6) is 5.75 Å². The molecule has 2 aromatic rings. The Labute approximate surface area is 100 Å². The molecule has 2 aromatic carbocycles. The molecule has 0 spiro atoms. The van der Waals surface area contributed by atoms with Crippen molar-refractivity contribution in [3.8, 4) is 5.75 Å². The van der Waals surface area contributed by atoms with Gasteiger partial charge in [0.2, 0.25) is 0 Å². The number of halogens is 1. The zero-order chi connectivity index (χ0) is 11.9. The summed E-state index contributed by atoms with van der Waals surface area (Å²) in [5, 5.41) is 10.7. The summed E-state index contributed by atoms with van der Waals surface area (Å²) in [6.45, 7) is 0. The van der Waals surface area contributed by atoms with E-state index < -0.39 is 10.1 Å². The Bertz CT molecular complexity index is 664. The SMILES string of the molecule is O=S(=O)(O)c1ccc2c(Br)c(O)ccc2c1. The van der Waals surface area contributed by atoms with Crippen LogP contribution in [0.3, 0.4) is 0 Å². The number of benzene rings is 2. The highest BCUT2D eigenvalue weighted by molar-refractivity contribution is 9.10. The number of phenols is 1. The number of hydrogen-bond donors (Lipinski definition) is 2. The van der Waals surface area contributed by atoms with Crippen LogP contribution in [0.4, 0.5) is 0 Å². The maximum absolute atomic E-state index is 10.9. The van der Waals surface area contributed by atoms with Crippen molar-refractivity contribution in [3.05, 3.63) is 34.8 Å². The normalized spacial score (nSPS) is 11.9. The van der Waals surface area contributed by atoms with Gasteiger partial charge in [0.25, 0.3) is 10.1 Å². The van der Waals surface area contributed by atoms with Gasteiger partial charge in [0.15, 0.2) is 0 Å². The van der Waals surface area contributed by atoms with Crippen LogP contribution in [0.2, 0.25) is 0 Å². The standard InChI is InChI=1S/C10H7BrO4S/c11-10-8-3-2-7(16(13,14)15)5-6(8)1-4-9(10)12/h1-5,12H,(H,13,14,15). The molecule has 0 atom stereocenters. The molecule has 0 saturated heterocycles. The number of hydrogen-bond acceptors (Lipinski definition) is 3. The Morgan fingerprint density at radius 3 is 2.44 bits per heavy atom. The fourth-order valence-corrected chi connectivity index (χ4v) is 2.43. The van der Waals surface area contributed by atoms with Gasteiger partial charge < -0.3 is 5.11 Å². The van der Waals surface area contributed by atoms with Gasteiger partial charge in [-0.1, -0.05) is 12.1 Å². The van der Waals surface area contributed by atoms with E-state index in [2.05, 4.69) is 15.9 Å². The van der Waals surface area contributed by atoms with Crippen LogP contribution in [-0.2, 0) is 10.1 Å². The predicted octanol–water partition coefficient (Wildman–Crippen LogP) is 2.55. The van der Waals surface area contributed by atoms with Crippen molar-refractivity contribution >= 4 is 36.8 Å². The molecule has 2 N–H and O–H groups in total. The van der Waals surface area contributed by atoms with Gasteiger partial charge in [0.05, 0.1) is 9.37 Å². The molecule has 0 bridgehead atoms. The highest BCUT2D eigenvalue weighted by atomic mass is 79.9. The lowest BCUT2D eigenvalue weighted by molar-refractivity contribution is 0.473. The van der Waals surface area contributed by atoms with E-state index in [0.717, 1.165) is 0 Å². The molecule has 0 unspecified atom stereocenters. The van der Waals surface area contributed by atoms with Gasteiger partial charge in [-0.15, -0.1) is 0 Å². The van der Waals surface area contributed by atoms with E-state index in [1.54, 1.807) is 6.07 Å². The number of phenolic OH excluding ortho intramolecular Hbond substituents is 1. The third-order valence-electron chi connectivity index (χ3n) is 2.20. The monoisotopic (exact) mass is 302 g/mol. The van der Waals surface area contributed by atoms with Gasteiger partial charge >= 0.3 is 0 Å². The van der Waals surface area contributed by atoms with Gasteiger partial charge in [-0.25, -0.2) is 0 Å². The van der Waals surface area contributed by atoms with Crippen LogP contribution in [0, 0.1) is 0 Å². The third-order valence-corrected chi connectivity index (χ3v) is 3.89. The van der Waals surface area contributed by atoms with Crippen molar-refractivity contribution in [2.45, 2.75) is 4.90 Å². The van der Waals surface area contributed by atoms with Gasteiger partial charge in [-0.2, -0.15) is 8.42 Å². The Morgan fingerprint density at radius 2 is 1.81 bits per heavy atom. The summed E-state index contributed by atoms with van der Waals surface area (Å²) in [5.74, 6) is 0.0760. The Hall–Kier alpha value is -1.11. The topological polar surface area (TPSA) is 74.6 Å². The third kappa shape index (κ3) is 1.91. The highest BCUT2D eigenvalue weighted by Crippen LogP contribution is 2.33. The lowest BCUT2D eigenvalue weighted by Crippen LogP contribution is -1.97. The predicted molar refractivity (Wildman–Crippen MR) is 63.1 cm³/mol. The Balaban J connectivity index is 2.80. The summed E-state index contributed by atoms with van der Waals surface area (Å²) in [5.41, 5.74) is 0. The van der Waals surface area contributed by atoms with Crippen LogP contribution in [0.15, 0.2) is 39.7 Å². The van der Waals surface area contributed by atoms with E-state index in [-0.39, 0.29) is 10.6 Å². The minimum atomic E-state index is -4.20. The van der Waals surface area contributed by atoms with Crippen LogP contribution in [0.1, 0.15) is 0 Å². The van der Waals surface area contributed by atoms with E-state index in [9.17, 15) is 13.5 Å². The van der Waals surface area contributed by atoms with Crippen molar-refractivity contribution in [2.75, 3.05) is 0 Å². The minimum Gasteiger partial charge on any atom is -0.507 e. The largest absolute Gasteiger partial charge is 0.507 e. The summed E-state index contributed by atoms with van der Waals surface area (Å²) < 4.78 is 31.2. The molecule has 0 aliphatic heterocycles. The molecule has 6 heteroatoms. The van der Waals surface area contributed by atoms with E-state index >= 15 is 0 Å². The zero-order valence-corrected chi connectivity index (χ0v) is 10.3. The first-order chi connectivity index (χ1) is 7.39. The van der Waals surface area contributed by atoms with Crippen molar-refractivity contribution in [1.82, 2.24) is 0 Å². The summed E-state index contributed by atoms with van der Waals surface area (Å²) in [7, 11) is -4.20. The second-order valence-electron chi connectivity index (χ2n) is 3.26. The molecule has 4 nitrogen and oxygen atoms in total. The van der Waals surface area contributed by atoms with Crippen molar-refractivity contribution in [3.63, 3.8) is 0 Å². The Kier molecular flexibility index (Phi) is 2.65. The van der Waals surface area contributed by atoms with Gasteiger partial charge in [0, 0.05) is 0 Å². The molecule has 0 fully saturated rings. The number of fused-ring (bicyclic) bond motifs is 1. The van der Waals surface area contributed by atoms with Crippen LogP contribution in [-0.4, -0.2) is 18.1 Å². The lowest BCUT2D eigenvalue weighted by Gasteiger charge is -2.04. The fraction of sp³-hybridized carbons (Fsp3) is 0. The molecule has 0 aliphatic carbocycles. The van der Waals surface area contributed by atoms with Crippen molar-refractivity contribution < 1.29 is 18.1 Å². The number of aromatic hydroxyl groups is 1. The molecule has 84 valence electrons. The smallest absolute Gasteiger partial charge is 0.294 e. The molecule has 0 aliphatic rings. The first kappa shape index (κ1) is 11.4. The second-order valence-corrected chi connectivity index (χ2v) is 5.47. The average Bonchev–Trinajstić information content (AvgIpc) is 2.22. The molecule has 0 heterocycles. The average molecular weight is 303 g/mol. The Morgan fingerprint density at radius 1 is 1.12 bits per heavy atom. The molecule has 0 aromatic heterocycles. The summed E-state index contributed by atoms with van der Waals surface area (Å²) >= 11 is 3.19. The quantitative estimate of drug-likeness (QED) is 0.794. The second kappa shape index (κ2) is 3.73. The molecule has 0 saturated carbocycles. The molecule has 0 radical (unpaired) electrons. The van der Waals surface area contributed by atoms with Crippen LogP contribution in [0.25, 0.3) is 10.8 Å². The lowest BCUT2D eigenvalue weighted by atomic mass is 10.1. The van der Waals surface area contributed by atoms with E-state index in [4.69, 9.17) is 4.55 Å². The highest BCUT2D eigenvalue weighted by Gasteiger charge is 2.11. The van der Waals surface area contributed by atoms with Gasteiger partial charge in [-0.05, 0) is 44.9 Å². The van der Waals surface area contributed by atoms with E-state index in [1.165, 1.54) is 24.3 Å². The van der Waals surface area contributed by atoms with Crippen LogP contribution >= 0.6 is 15.9 Å². The summed E-state index contributed by atoms with van der Waals surface area (Å²) in [4.78, 5) is -0.169.